The fourth-order valence-electron chi connectivity index (χ4n) is 1.62. The van der Waals surface area contributed by atoms with Crippen LogP contribution in [0.15, 0.2) is 47.4 Å². The van der Waals surface area contributed by atoms with Crippen LogP contribution in [0.2, 0.25) is 0 Å². The number of nitrogen functional groups attached to an aromatic ring is 1. The normalized spacial score (nSPS) is 10.2. The fraction of sp³-hybridized carbons (Fsp3) is 0.143. The van der Waals surface area contributed by atoms with Gasteiger partial charge in [0.25, 0.3) is 5.91 Å². The van der Waals surface area contributed by atoms with Crippen LogP contribution in [0.4, 0.5) is 0 Å². The van der Waals surface area contributed by atoms with Crippen molar-refractivity contribution in [1.82, 2.24) is 10.4 Å². The Morgan fingerprint density at radius 1 is 1.32 bits per heavy atom. The highest BCUT2D eigenvalue weighted by atomic mass is 32.2. The number of pyridine rings is 1. The van der Waals surface area contributed by atoms with E-state index in [1.54, 1.807) is 17.8 Å². The number of nitrogens with one attached hydrogen (secondary N) is 1. The lowest BCUT2D eigenvalue weighted by Crippen LogP contribution is -2.30. The van der Waals surface area contributed by atoms with Gasteiger partial charge < -0.3 is 0 Å². The monoisotopic (exact) mass is 273 g/mol. The average molecular weight is 273 g/mol. The molecule has 2 rings (SSSR count). The second-order valence-corrected chi connectivity index (χ2v) is 5.14. The van der Waals surface area contributed by atoms with Gasteiger partial charge in [0.15, 0.2) is 0 Å². The number of aryl methyl sites for hydroxylation is 1. The minimum absolute atomic E-state index is 0.338. The molecule has 5 heteroatoms. The maximum atomic E-state index is 11.4. The molecule has 1 aromatic carbocycles. The molecule has 0 aliphatic rings. The summed E-state index contributed by atoms with van der Waals surface area (Å²) >= 11 is 1.69. The molecule has 0 atom stereocenters. The van der Waals surface area contributed by atoms with Crippen molar-refractivity contribution in [3.8, 4) is 0 Å². The maximum absolute atomic E-state index is 11.4. The largest absolute Gasteiger partial charge is 0.289 e. The van der Waals surface area contributed by atoms with E-state index in [1.807, 2.05) is 18.2 Å². The third-order valence-corrected chi connectivity index (χ3v) is 3.57. The van der Waals surface area contributed by atoms with Crippen molar-refractivity contribution in [1.29, 1.82) is 0 Å². The van der Waals surface area contributed by atoms with Crippen LogP contribution >= 0.6 is 11.8 Å². The number of hydrogen-bond donors (Lipinski definition) is 2. The highest BCUT2D eigenvalue weighted by Crippen LogP contribution is 2.22. The minimum atomic E-state index is -0.373. The lowest BCUT2D eigenvalue weighted by atomic mass is 10.2. The zero-order chi connectivity index (χ0) is 13.7. The molecule has 0 spiro atoms. The van der Waals surface area contributed by atoms with E-state index in [2.05, 4.69) is 35.5 Å². The van der Waals surface area contributed by atoms with Crippen molar-refractivity contribution >= 4 is 17.7 Å². The molecule has 98 valence electrons. The van der Waals surface area contributed by atoms with Crippen molar-refractivity contribution in [2.75, 3.05) is 0 Å². The summed E-state index contributed by atoms with van der Waals surface area (Å²) < 4.78 is 0. The molecule has 0 saturated carbocycles. The first-order chi connectivity index (χ1) is 9.19. The molecule has 0 unspecified atom stereocenters. The van der Waals surface area contributed by atoms with E-state index in [1.165, 1.54) is 10.5 Å². The van der Waals surface area contributed by atoms with Gasteiger partial charge in [-0.3, -0.25) is 10.2 Å². The van der Waals surface area contributed by atoms with E-state index in [0.717, 1.165) is 11.4 Å². The van der Waals surface area contributed by atoms with Crippen molar-refractivity contribution in [2.45, 2.75) is 17.6 Å². The number of nitrogens with two attached hydrogens (primary N) is 1. The number of hydrogen-bond acceptors (Lipinski definition) is 4. The van der Waals surface area contributed by atoms with Crippen molar-refractivity contribution in [3.05, 3.63) is 59.4 Å². The zero-order valence-electron chi connectivity index (χ0n) is 10.6. The number of hydrazine groups is 1. The highest BCUT2D eigenvalue weighted by Gasteiger charge is 2.06. The summed E-state index contributed by atoms with van der Waals surface area (Å²) in [4.78, 5) is 16.8. The number of benzene rings is 1. The topological polar surface area (TPSA) is 68.0 Å². The minimum Gasteiger partial charge on any atom is -0.289 e. The van der Waals surface area contributed by atoms with Crippen LogP contribution in [0.25, 0.3) is 0 Å². The summed E-state index contributed by atoms with van der Waals surface area (Å²) in [6.07, 6.45) is 0. The molecule has 0 radical (unpaired) electrons. The van der Waals surface area contributed by atoms with E-state index < -0.39 is 0 Å². The molecule has 0 saturated heterocycles. The van der Waals surface area contributed by atoms with Gasteiger partial charge in [0.1, 0.15) is 5.69 Å². The number of aromatic nitrogens is 1. The molecule has 1 heterocycles. The molecule has 0 fully saturated rings. The number of amides is 1. The van der Waals surface area contributed by atoms with Gasteiger partial charge in [-0.25, -0.2) is 10.8 Å². The first kappa shape index (κ1) is 13.6. The predicted molar refractivity (Wildman–Crippen MR) is 76.6 cm³/mol. The van der Waals surface area contributed by atoms with Gasteiger partial charge >= 0.3 is 0 Å². The predicted octanol–water partition coefficient (Wildman–Crippen LogP) is 2.29. The van der Waals surface area contributed by atoms with Gasteiger partial charge in [-0.1, -0.05) is 23.8 Å². The Bertz CT molecular complexity index is 586. The third-order valence-electron chi connectivity index (χ3n) is 2.55. The van der Waals surface area contributed by atoms with Gasteiger partial charge in [-0.2, -0.15) is 0 Å². The van der Waals surface area contributed by atoms with Crippen LogP contribution in [0.1, 0.15) is 21.7 Å². The SMILES string of the molecule is Cc1cccc(SCc2cccc(C(=O)NN)n2)c1. The maximum Gasteiger partial charge on any atom is 0.283 e. The van der Waals surface area contributed by atoms with Gasteiger partial charge in [0.2, 0.25) is 0 Å². The number of nitrogens with zero attached hydrogens (tertiary/aromatic N) is 1. The fourth-order valence-corrected chi connectivity index (χ4v) is 2.54. The molecule has 3 N–H and O–H groups in total. The Morgan fingerprint density at radius 2 is 2.11 bits per heavy atom. The molecule has 0 bridgehead atoms. The second-order valence-electron chi connectivity index (χ2n) is 4.09. The molecule has 1 amide bonds. The summed E-state index contributed by atoms with van der Waals surface area (Å²) in [5.41, 5.74) is 4.50. The second kappa shape index (κ2) is 6.36. The van der Waals surface area contributed by atoms with Crippen LogP contribution in [-0.4, -0.2) is 10.9 Å². The van der Waals surface area contributed by atoms with Crippen molar-refractivity contribution in [2.24, 2.45) is 5.84 Å². The Hall–Kier alpha value is -1.85. The number of carbonyl (C=O) groups is 1. The van der Waals surface area contributed by atoms with E-state index in [0.29, 0.717) is 5.69 Å². The molecule has 2 aromatic rings. The van der Waals surface area contributed by atoms with E-state index in [-0.39, 0.29) is 5.91 Å². The smallest absolute Gasteiger partial charge is 0.283 e. The number of thioether (sulfide) groups is 1. The van der Waals surface area contributed by atoms with Gasteiger partial charge in [-0.15, -0.1) is 11.8 Å². The molecule has 0 aliphatic heterocycles. The summed E-state index contributed by atoms with van der Waals surface area (Å²) in [5, 5.41) is 0. The third kappa shape index (κ3) is 3.81. The first-order valence-corrected chi connectivity index (χ1v) is 6.84. The Kier molecular flexibility index (Phi) is 4.54. The molecular weight excluding hydrogens is 258 g/mol. The Morgan fingerprint density at radius 3 is 2.84 bits per heavy atom. The molecule has 19 heavy (non-hydrogen) atoms. The lowest BCUT2D eigenvalue weighted by Gasteiger charge is -2.04. The van der Waals surface area contributed by atoms with Gasteiger partial charge in [0, 0.05) is 10.6 Å². The molecule has 1 aromatic heterocycles. The standard InChI is InChI=1S/C14H15N3OS/c1-10-4-2-6-12(8-10)19-9-11-5-3-7-13(16-11)14(18)17-15/h2-8H,9,15H2,1H3,(H,17,18). The van der Waals surface area contributed by atoms with Crippen LogP contribution < -0.4 is 11.3 Å². The summed E-state index contributed by atoms with van der Waals surface area (Å²) in [6.45, 7) is 2.06. The van der Waals surface area contributed by atoms with E-state index in [4.69, 9.17) is 5.84 Å². The summed E-state index contributed by atoms with van der Waals surface area (Å²) in [5.74, 6) is 5.44. The molecular formula is C14H15N3OS. The van der Waals surface area contributed by atoms with Crippen LogP contribution in [-0.2, 0) is 5.75 Å². The molecule has 4 nitrogen and oxygen atoms in total. The number of carbonyl (C=O) groups excluding carboxylic acids is 1. The van der Waals surface area contributed by atoms with Gasteiger partial charge in [-0.05, 0) is 31.2 Å². The Labute approximate surface area is 116 Å². The van der Waals surface area contributed by atoms with Gasteiger partial charge in [0.05, 0.1) is 5.69 Å². The van der Waals surface area contributed by atoms with Crippen LogP contribution in [0, 0.1) is 6.92 Å². The quantitative estimate of drug-likeness (QED) is 0.388. The zero-order valence-corrected chi connectivity index (χ0v) is 11.4. The van der Waals surface area contributed by atoms with E-state index >= 15 is 0 Å². The van der Waals surface area contributed by atoms with Crippen LogP contribution in [0.5, 0.6) is 0 Å². The average Bonchev–Trinajstić information content (AvgIpc) is 2.45. The van der Waals surface area contributed by atoms with Crippen LogP contribution in [0.3, 0.4) is 0 Å². The first-order valence-electron chi connectivity index (χ1n) is 5.85. The van der Waals surface area contributed by atoms with E-state index in [9.17, 15) is 4.79 Å². The number of rotatable bonds is 4. The molecule has 0 aliphatic carbocycles. The summed E-state index contributed by atoms with van der Waals surface area (Å²) in [7, 11) is 0. The van der Waals surface area contributed by atoms with Crippen molar-refractivity contribution in [3.63, 3.8) is 0 Å². The highest BCUT2D eigenvalue weighted by molar-refractivity contribution is 7.98. The Balaban J connectivity index is 2.05. The lowest BCUT2D eigenvalue weighted by molar-refractivity contribution is 0.0948. The summed E-state index contributed by atoms with van der Waals surface area (Å²) in [6, 6.07) is 13.6. The van der Waals surface area contributed by atoms with Crippen molar-refractivity contribution < 1.29 is 4.79 Å².